The standard InChI is InChI=1S/C14H13NO3/c1-10-4-3-7-15(14(10)18)9-13(17)11-5-2-6-12(16)8-11/h2-8,16H,9H2,1H3. The van der Waals surface area contributed by atoms with E-state index in [4.69, 9.17) is 0 Å². The van der Waals surface area contributed by atoms with Gasteiger partial charge in [0.2, 0.25) is 0 Å². The molecule has 1 aromatic carbocycles. The maximum absolute atomic E-state index is 12.0. The van der Waals surface area contributed by atoms with E-state index in [1.807, 2.05) is 0 Å². The van der Waals surface area contributed by atoms with Crippen LogP contribution >= 0.6 is 0 Å². The fourth-order valence-corrected chi connectivity index (χ4v) is 1.71. The van der Waals surface area contributed by atoms with E-state index >= 15 is 0 Å². The van der Waals surface area contributed by atoms with Crippen molar-refractivity contribution in [2.45, 2.75) is 13.5 Å². The summed E-state index contributed by atoms with van der Waals surface area (Å²) in [7, 11) is 0. The highest BCUT2D eigenvalue weighted by molar-refractivity contribution is 5.96. The van der Waals surface area contributed by atoms with Crippen LogP contribution in [0.3, 0.4) is 0 Å². The molecule has 0 saturated carbocycles. The minimum atomic E-state index is -0.210. The summed E-state index contributed by atoms with van der Waals surface area (Å²) in [5.74, 6) is -0.170. The Morgan fingerprint density at radius 3 is 2.78 bits per heavy atom. The van der Waals surface area contributed by atoms with Gasteiger partial charge in [-0.3, -0.25) is 9.59 Å². The van der Waals surface area contributed by atoms with Crippen molar-refractivity contribution in [2.24, 2.45) is 0 Å². The molecule has 0 radical (unpaired) electrons. The van der Waals surface area contributed by atoms with E-state index in [-0.39, 0.29) is 23.6 Å². The summed E-state index contributed by atoms with van der Waals surface area (Å²) in [6.07, 6.45) is 1.58. The predicted molar refractivity (Wildman–Crippen MR) is 67.9 cm³/mol. The SMILES string of the molecule is Cc1cccn(CC(=O)c2cccc(O)c2)c1=O. The third kappa shape index (κ3) is 2.48. The van der Waals surface area contributed by atoms with E-state index in [1.165, 1.54) is 16.7 Å². The second-order valence-electron chi connectivity index (χ2n) is 4.10. The zero-order valence-corrected chi connectivity index (χ0v) is 9.96. The lowest BCUT2D eigenvalue weighted by Gasteiger charge is -2.06. The van der Waals surface area contributed by atoms with E-state index in [0.29, 0.717) is 11.1 Å². The minimum Gasteiger partial charge on any atom is -0.508 e. The summed E-state index contributed by atoms with van der Waals surface area (Å²) in [5, 5.41) is 9.31. The van der Waals surface area contributed by atoms with Crippen molar-refractivity contribution < 1.29 is 9.90 Å². The Morgan fingerprint density at radius 1 is 1.28 bits per heavy atom. The molecule has 0 bridgehead atoms. The van der Waals surface area contributed by atoms with E-state index < -0.39 is 0 Å². The van der Waals surface area contributed by atoms with Gasteiger partial charge in [0.1, 0.15) is 5.75 Å². The quantitative estimate of drug-likeness (QED) is 0.835. The van der Waals surface area contributed by atoms with Crippen LogP contribution in [0.5, 0.6) is 5.75 Å². The molecule has 4 nitrogen and oxygen atoms in total. The van der Waals surface area contributed by atoms with Crippen molar-refractivity contribution in [1.29, 1.82) is 0 Å². The van der Waals surface area contributed by atoms with Crippen LogP contribution in [0.2, 0.25) is 0 Å². The van der Waals surface area contributed by atoms with Gasteiger partial charge in [-0.1, -0.05) is 18.2 Å². The molecule has 0 aliphatic carbocycles. The lowest BCUT2D eigenvalue weighted by Crippen LogP contribution is -2.25. The summed E-state index contributed by atoms with van der Waals surface area (Å²) in [4.78, 5) is 23.7. The molecule has 2 rings (SSSR count). The second kappa shape index (κ2) is 4.87. The maximum atomic E-state index is 12.0. The molecule has 18 heavy (non-hydrogen) atoms. The zero-order valence-electron chi connectivity index (χ0n) is 9.96. The Balaban J connectivity index is 2.27. The fourth-order valence-electron chi connectivity index (χ4n) is 1.71. The van der Waals surface area contributed by atoms with Gasteiger partial charge < -0.3 is 9.67 Å². The molecule has 0 aliphatic rings. The van der Waals surface area contributed by atoms with Gasteiger partial charge >= 0.3 is 0 Å². The molecular weight excluding hydrogens is 230 g/mol. The van der Waals surface area contributed by atoms with Gasteiger partial charge in [0.05, 0.1) is 6.54 Å². The van der Waals surface area contributed by atoms with Gasteiger partial charge in [-0.2, -0.15) is 0 Å². The molecule has 2 aromatic rings. The smallest absolute Gasteiger partial charge is 0.253 e. The van der Waals surface area contributed by atoms with Crippen molar-refractivity contribution in [3.05, 3.63) is 64.1 Å². The lowest BCUT2D eigenvalue weighted by atomic mass is 10.1. The molecule has 0 fully saturated rings. The van der Waals surface area contributed by atoms with Crippen molar-refractivity contribution in [3.8, 4) is 5.75 Å². The van der Waals surface area contributed by atoms with Crippen LogP contribution in [-0.2, 0) is 6.54 Å². The fraction of sp³-hybridized carbons (Fsp3) is 0.143. The van der Waals surface area contributed by atoms with Crippen LogP contribution in [0.4, 0.5) is 0 Å². The average molecular weight is 243 g/mol. The Bertz CT molecular complexity index is 643. The number of phenolic OH excluding ortho intramolecular Hbond substituents is 1. The topological polar surface area (TPSA) is 59.3 Å². The maximum Gasteiger partial charge on any atom is 0.253 e. The third-order valence-corrected chi connectivity index (χ3v) is 2.69. The summed E-state index contributed by atoms with van der Waals surface area (Å²) in [6.45, 7) is 1.68. The molecule has 0 amide bonds. The molecule has 0 unspecified atom stereocenters. The average Bonchev–Trinajstić information content (AvgIpc) is 2.35. The monoisotopic (exact) mass is 243 g/mol. The molecule has 0 atom stereocenters. The van der Waals surface area contributed by atoms with Gasteiger partial charge in [-0.15, -0.1) is 0 Å². The van der Waals surface area contributed by atoms with E-state index in [1.54, 1.807) is 37.4 Å². The number of carbonyl (C=O) groups is 1. The Hall–Kier alpha value is -2.36. The van der Waals surface area contributed by atoms with Gasteiger partial charge in [0.15, 0.2) is 5.78 Å². The van der Waals surface area contributed by atoms with Crippen molar-refractivity contribution in [1.82, 2.24) is 4.57 Å². The largest absolute Gasteiger partial charge is 0.508 e. The van der Waals surface area contributed by atoms with Crippen LogP contribution < -0.4 is 5.56 Å². The first-order valence-electron chi connectivity index (χ1n) is 5.56. The van der Waals surface area contributed by atoms with Crippen LogP contribution in [0.25, 0.3) is 0 Å². The molecule has 1 heterocycles. The Labute approximate surface area is 104 Å². The number of aromatic nitrogens is 1. The molecule has 92 valence electrons. The van der Waals surface area contributed by atoms with Crippen LogP contribution in [0, 0.1) is 6.92 Å². The number of hydrogen-bond donors (Lipinski definition) is 1. The number of pyridine rings is 1. The second-order valence-corrected chi connectivity index (χ2v) is 4.10. The summed E-state index contributed by atoms with van der Waals surface area (Å²) < 4.78 is 1.36. The Kier molecular flexibility index (Phi) is 3.28. The lowest BCUT2D eigenvalue weighted by molar-refractivity contribution is 0.0970. The van der Waals surface area contributed by atoms with Gasteiger partial charge in [0, 0.05) is 17.3 Å². The van der Waals surface area contributed by atoms with E-state index in [0.717, 1.165) is 0 Å². The molecule has 4 heteroatoms. The highest BCUT2D eigenvalue weighted by Gasteiger charge is 2.08. The first kappa shape index (κ1) is 12.1. The number of Topliss-reactive ketones (excluding diaryl/α,β-unsaturated/α-hetero) is 1. The number of nitrogens with zero attached hydrogens (tertiary/aromatic N) is 1. The third-order valence-electron chi connectivity index (χ3n) is 2.69. The first-order valence-corrected chi connectivity index (χ1v) is 5.56. The summed E-state index contributed by atoms with van der Waals surface area (Å²) >= 11 is 0. The number of carbonyl (C=O) groups excluding carboxylic acids is 1. The zero-order chi connectivity index (χ0) is 13.1. The highest BCUT2D eigenvalue weighted by atomic mass is 16.3. The number of hydrogen-bond acceptors (Lipinski definition) is 3. The van der Waals surface area contributed by atoms with Crippen LogP contribution in [0.15, 0.2) is 47.4 Å². The van der Waals surface area contributed by atoms with Crippen molar-refractivity contribution >= 4 is 5.78 Å². The van der Waals surface area contributed by atoms with Crippen LogP contribution in [0.1, 0.15) is 15.9 Å². The molecule has 1 aromatic heterocycles. The predicted octanol–water partition coefficient (Wildman–Crippen LogP) is 1.75. The van der Waals surface area contributed by atoms with Gasteiger partial charge in [-0.25, -0.2) is 0 Å². The number of rotatable bonds is 3. The van der Waals surface area contributed by atoms with Crippen molar-refractivity contribution in [3.63, 3.8) is 0 Å². The first-order chi connectivity index (χ1) is 8.58. The number of benzene rings is 1. The number of aryl methyl sites for hydroxylation is 1. The number of ketones is 1. The minimum absolute atomic E-state index is 0.0238. The highest BCUT2D eigenvalue weighted by Crippen LogP contribution is 2.11. The normalized spacial score (nSPS) is 10.3. The number of aromatic hydroxyl groups is 1. The molecule has 1 N–H and O–H groups in total. The number of phenols is 1. The van der Waals surface area contributed by atoms with E-state index in [9.17, 15) is 14.7 Å². The van der Waals surface area contributed by atoms with E-state index in [2.05, 4.69) is 0 Å². The van der Waals surface area contributed by atoms with Gasteiger partial charge in [-0.05, 0) is 25.1 Å². The molecular formula is C14H13NO3. The van der Waals surface area contributed by atoms with Gasteiger partial charge in [0.25, 0.3) is 5.56 Å². The van der Waals surface area contributed by atoms with Crippen LogP contribution in [-0.4, -0.2) is 15.5 Å². The van der Waals surface area contributed by atoms with Crippen molar-refractivity contribution in [2.75, 3.05) is 0 Å². The molecule has 0 aliphatic heterocycles. The molecule has 0 spiro atoms. The molecule has 0 saturated heterocycles. The summed E-state index contributed by atoms with van der Waals surface area (Å²) in [5.41, 5.74) is 0.815. The Morgan fingerprint density at radius 2 is 2.06 bits per heavy atom. The summed E-state index contributed by atoms with van der Waals surface area (Å²) in [6, 6.07) is 9.54.